The van der Waals surface area contributed by atoms with Gasteiger partial charge in [0.05, 0.1) is 5.41 Å². The molecule has 2 aliphatic rings. The summed E-state index contributed by atoms with van der Waals surface area (Å²) in [5.74, 6) is 1.87. The molecular weight excluding hydrogens is 354 g/mol. The minimum absolute atomic E-state index is 0.359. The van der Waals surface area contributed by atoms with Crippen LogP contribution in [0.1, 0.15) is 22.3 Å². The van der Waals surface area contributed by atoms with Gasteiger partial charge in [0.2, 0.25) is 0 Å². The van der Waals surface area contributed by atoms with E-state index in [1.165, 1.54) is 39.1 Å². The Labute approximate surface area is 171 Å². The zero-order valence-electron chi connectivity index (χ0n) is 16.5. The van der Waals surface area contributed by atoms with Gasteiger partial charge in [-0.25, -0.2) is 0 Å². The molecule has 2 heteroatoms. The Bertz CT molecular complexity index is 1230. The summed E-state index contributed by atoms with van der Waals surface area (Å²) in [5, 5.41) is 0. The van der Waals surface area contributed by atoms with Gasteiger partial charge in [-0.3, -0.25) is 0 Å². The van der Waals surface area contributed by atoms with Crippen LogP contribution in [0.15, 0.2) is 91.0 Å². The van der Waals surface area contributed by atoms with Crippen molar-refractivity contribution in [1.82, 2.24) is 0 Å². The quantitative estimate of drug-likeness (QED) is 0.338. The van der Waals surface area contributed by atoms with Crippen molar-refractivity contribution in [2.24, 2.45) is 0 Å². The Balaban J connectivity index is 1.81. The molecule has 0 aromatic heterocycles. The maximum atomic E-state index is 6.35. The van der Waals surface area contributed by atoms with Crippen LogP contribution in [0.4, 0.5) is 5.69 Å². The summed E-state index contributed by atoms with van der Waals surface area (Å²) < 4.78 is 6.35. The van der Waals surface area contributed by atoms with Crippen molar-refractivity contribution in [3.63, 3.8) is 0 Å². The first-order chi connectivity index (χ1) is 14.2. The highest BCUT2D eigenvalue weighted by atomic mass is 16.5. The highest BCUT2D eigenvalue weighted by Crippen LogP contribution is 2.62. The molecule has 140 valence electrons. The van der Waals surface area contributed by atoms with E-state index in [-0.39, 0.29) is 5.41 Å². The van der Waals surface area contributed by atoms with Crippen molar-refractivity contribution >= 4 is 5.69 Å². The molecule has 29 heavy (non-hydrogen) atoms. The van der Waals surface area contributed by atoms with Crippen LogP contribution in [0.5, 0.6) is 11.5 Å². The molecule has 0 bridgehead atoms. The molecule has 1 aliphatic heterocycles. The maximum absolute atomic E-state index is 6.35. The molecule has 2 nitrogen and oxygen atoms in total. The number of hydrogen-bond acceptors (Lipinski definition) is 2. The molecule has 0 saturated carbocycles. The van der Waals surface area contributed by atoms with Gasteiger partial charge in [-0.1, -0.05) is 66.7 Å². The van der Waals surface area contributed by atoms with Gasteiger partial charge >= 0.3 is 0 Å². The lowest BCUT2D eigenvalue weighted by Crippen LogP contribution is -2.32. The fourth-order valence-corrected chi connectivity index (χ4v) is 5.13. The molecular formula is C27H21NO. The number of benzene rings is 4. The molecule has 4 aromatic rings. The van der Waals surface area contributed by atoms with E-state index < -0.39 is 0 Å². The highest BCUT2D eigenvalue weighted by molar-refractivity contribution is 5.89. The van der Waals surface area contributed by atoms with Crippen molar-refractivity contribution in [3.05, 3.63) is 113 Å². The molecule has 0 fully saturated rings. The molecule has 1 spiro atoms. The largest absolute Gasteiger partial charge is 0.457 e. The minimum Gasteiger partial charge on any atom is -0.457 e. The van der Waals surface area contributed by atoms with Crippen LogP contribution >= 0.6 is 0 Å². The first kappa shape index (κ1) is 16.4. The standard InChI is InChI=1S/C27H21NO/c1-28(2)18-15-16-22-20(17-18)19-9-3-4-10-21(19)27(22)23-11-5-7-13-25(23)29-26-14-8-6-12-24(26)27/h3-17H,1-2H3. The lowest BCUT2D eigenvalue weighted by Gasteiger charge is -2.39. The van der Waals surface area contributed by atoms with Gasteiger partial charge in [-0.2, -0.15) is 0 Å². The van der Waals surface area contributed by atoms with E-state index in [9.17, 15) is 0 Å². The number of fused-ring (bicyclic) bond motifs is 9. The summed E-state index contributed by atoms with van der Waals surface area (Å²) in [5.41, 5.74) is 8.54. The smallest absolute Gasteiger partial charge is 0.132 e. The Hall–Kier alpha value is -3.52. The fourth-order valence-electron chi connectivity index (χ4n) is 5.13. The molecule has 0 atom stereocenters. The summed E-state index contributed by atoms with van der Waals surface area (Å²) >= 11 is 0. The topological polar surface area (TPSA) is 12.5 Å². The number of ether oxygens (including phenoxy) is 1. The van der Waals surface area contributed by atoms with Crippen LogP contribution < -0.4 is 9.64 Å². The van der Waals surface area contributed by atoms with Crippen LogP contribution in [-0.4, -0.2) is 14.1 Å². The summed E-state index contributed by atoms with van der Waals surface area (Å²) in [6.07, 6.45) is 0. The third-order valence-corrected chi connectivity index (χ3v) is 6.35. The van der Waals surface area contributed by atoms with E-state index in [4.69, 9.17) is 4.74 Å². The van der Waals surface area contributed by atoms with Crippen molar-refractivity contribution in [2.75, 3.05) is 19.0 Å². The predicted molar refractivity (Wildman–Crippen MR) is 118 cm³/mol. The normalized spacial score (nSPS) is 14.4. The van der Waals surface area contributed by atoms with Gasteiger partial charge < -0.3 is 9.64 Å². The maximum Gasteiger partial charge on any atom is 0.132 e. The van der Waals surface area contributed by atoms with E-state index in [1.54, 1.807) is 0 Å². The lowest BCUT2D eigenvalue weighted by atomic mass is 9.66. The molecule has 0 radical (unpaired) electrons. The van der Waals surface area contributed by atoms with E-state index in [2.05, 4.69) is 110 Å². The third kappa shape index (κ3) is 2.01. The summed E-state index contributed by atoms with van der Waals surface area (Å²) in [7, 11) is 4.19. The first-order valence-corrected chi connectivity index (χ1v) is 10.00. The lowest BCUT2D eigenvalue weighted by molar-refractivity contribution is 0.436. The molecule has 1 heterocycles. The van der Waals surface area contributed by atoms with Crippen molar-refractivity contribution < 1.29 is 4.74 Å². The molecule has 0 N–H and O–H groups in total. The molecule has 6 rings (SSSR count). The first-order valence-electron chi connectivity index (χ1n) is 10.00. The van der Waals surface area contributed by atoms with Crippen molar-refractivity contribution in [3.8, 4) is 22.6 Å². The van der Waals surface area contributed by atoms with E-state index in [0.717, 1.165) is 11.5 Å². The Morgan fingerprint density at radius 1 is 0.586 bits per heavy atom. The molecule has 0 unspecified atom stereocenters. The van der Waals surface area contributed by atoms with Gasteiger partial charge in [-0.05, 0) is 46.5 Å². The second-order valence-corrected chi connectivity index (χ2v) is 8.01. The van der Waals surface area contributed by atoms with E-state index >= 15 is 0 Å². The number of para-hydroxylation sites is 2. The van der Waals surface area contributed by atoms with Crippen molar-refractivity contribution in [2.45, 2.75) is 5.41 Å². The number of hydrogen-bond donors (Lipinski definition) is 0. The molecule has 0 amide bonds. The zero-order valence-corrected chi connectivity index (χ0v) is 16.5. The number of rotatable bonds is 1. The average Bonchev–Trinajstić information content (AvgIpc) is 3.05. The van der Waals surface area contributed by atoms with Crippen LogP contribution in [-0.2, 0) is 5.41 Å². The van der Waals surface area contributed by atoms with Crippen LogP contribution in [0.2, 0.25) is 0 Å². The van der Waals surface area contributed by atoms with Crippen LogP contribution in [0.25, 0.3) is 11.1 Å². The third-order valence-electron chi connectivity index (χ3n) is 6.35. The van der Waals surface area contributed by atoms with Crippen molar-refractivity contribution in [1.29, 1.82) is 0 Å². The Morgan fingerprint density at radius 2 is 1.14 bits per heavy atom. The molecule has 0 saturated heterocycles. The summed E-state index contributed by atoms with van der Waals surface area (Å²) in [6, 6.07) is 32.6. The summed E-state index contributed by atoms with van der Waals surface area (Å²) in [4.78, 5) is 2.17. The van der Waals surface area contributed by atoms with E-state index in [1.807, 2.05) is 0 Å². The van der Waals surface area contributed by atoms with Crippen LogP contribution in [0.3, 0.4) is 0 Å². The molecule has 4 aromatic carbocycles. The predicted octanol–water partition coefficient (Wildman–Crippen LogP) is 6.22. The Kier molecular flexibility index (Phi) is 3.25. The second-order valence-electron chi connectivity index (χ2n) is 8.01. The SMILES string of the molecule is CN(C)c1ccc2c(c1)-c1ccccc1C21c2ccccc2Oc2ccccc21. The number of nitrogens with zero attached hydrogens (tertiary/aromatic N) is 1. The van der Waals surface area contributed by atoms with Gasteiger partial charge in [0.25, 0.3) is 0 Å². The average molecular weight is 375 g/mol. The number of anilines is 1. The van der Waals surface area contributed by atoms with Crippen LogP contribution in [0, 0.1) is 0 Å². The second kappa shape index (κ2) is 5.74. The van der Waals surface area contributed by atoms with E-state index in [0.29, 0.717) is 0 Å². The minimum atomic E-state index is -0.359. The van der Waals surface area contributed by atoms with Gasteiger partial charge in [-0.15, -0.1) is 0 Å². The zero-order chi connectivity index (χ0) is 19.6. The highest BCUT2D eigenvalue weighted by Gasteiger charge is 2.50. The Morgan fingerprint density at radius 3 is 1.79 bits per heavy atom. The molecule has 1 aliphatic carbocycles. The van der Waals surface area contributed by atoms with Gasteiger partial charge in [0.1, 0.15) is 11.5 Å². The van der Waals surface area contributed by atoms with Gasteiger partial charge in [0, 0.05) is 30.9 Å². The monoisotopic (exact) mass is 375 g/mol. The summed E-state index contributed by atoms with van der Waals surface area (Å²) in [6.45, 7) is 0. The fraction of sp³-hybridized carbons (Fsp3) is 0.111. The van der Waals surface area contributed by atoms with Gasteiger partial charge in [0.15, 0.2) is 0 Å².